The molecule has 0 spiro atoms. The number of hydrogen-bond acceptors (Lipinski definition) is 3. The van der Waals surface area contributed by atoms with Crippen LogP contribution in [0.1, 0.15) is 12.5 Å². The van der Waals surface area contributed by atoms with Crippen molar-refractivity contribution < 1.29 is 18.7 Å². The van der Waals surface area contributed by atoms with Crippen molar-refractivity contribution in [3.63, 3.8) is 0 Å². The monoisotopic (exact) mass is 345 g/mol. The van der Waals surface area contributed by atoms with Gasteiger partial charge in [-0.2, -0.15) is 0 Å². The summed E-state index contributed by atoms with van der Waals surface area (Å²) in [6, 6.07) is 10.6. The van der Waals surface area contributed by atoms with Crippen LogP contribution in [0.15, 0.2) is 42.5 Å². The van der Waals surface area contributed by atoms with E-state index in [2.05, 4.69) is 10.6 Å². The minimum Gasteiger partial charge on any atom is -0.494 e. The molecule has 0 bridgehead atoms. The molecule has 2 rings (SSSR count). The molecule has 7 heteroatoms. The Hall–Kier alpha value is -3.09. The van der Waals surface area contributed by atoms with E-state index >= 15 is 0 Å². The zero-order chi connectivity index (χ0) is 18.4. The number of methoxy groups -OCH3 is 1. The van der Waals surface area contributed by atoms with Crippen LogP contribution in [-0.4, -0.2) is 31.0 Å². The number of rotatable bonds is 5. The zero-order valence-electron chi connectivity index (χ0n) is 14.3. The number of hydrogen-bond donors (Lipinski definition) is 2. The summed E-state index contributed by atoms with van der Waals surface area (Å²) in [5.41, 5.74) is 1.72. The highest BCUT2D eigenvalue weighted by atomic mass is 19.1. The molecule has 2 aromatic rings. The van der Waals surface area contributed by atoms with Gasteiger partial charge in [0.05, 0.1) is 12.8 Å². The Morgan fingerprint density at radius 3 is 2.56 bits per heavy atom. The van der Waals surface area contributed by atoms with E-state index in [1.165, 1.54) is 31.1 Å². The Morgan fingerprint density at radius 1 is 1.16 bits per heavy atom. The third-order valence-electron chi connectivity index (χ3n) is 3.42. The Morgan fingerprint density at radius 2 is 1.92 bits per heavy atom. The van der Waals surface area contributed by atoms with E-state index < -0.39 is 0 Å². The van der Waals surface area contributed by atoms with Crippen molar-refractivity contribution in [2.24, 2.45) is 0 Å². The van der Waals surface area contributed by atoms with E-state index in [4.69, 9.17) is 4.74 Å². The van der Waals surface area contributed by atoms with Crippen molar-refractivity contribution in [2.75, 3.05) is 24.8 Å². The molecule has 0 fully saturated rings. The Labute approximate surface area is 145 Å². The third kappa shape index (κ3) is 5.20. The first-order valence-electron chi connectivity index (χ1n) is 7.61. The molecule has 0 saturated carbocycles. The van der Waals surface area contributed by atoms with E-state index in [0.29, 0.717) is 22.7 Å². The maximum Gasteiger partial charge on any atom is 0.321 e. The molecular weight excluding hydrogens is 325 g/mol. The topological polar surface area (TPSA) is 70.7 Å². The quantitative estimate of drug-likeness (QED) is 0.872. The largest absolute Gasteiger partial charge is 0.494 e. The molecule has 0 aromatic heterocycles. The number of carbonyl (C=O) groups is 2. The molecule has 0 heterocycles. The van der Waals surface area contributed by atoms with Crippen molar-refractivity contribution in [3.8, 4) is 5.75 Å². The molecule has 0 aliphatic heterocycles. The molecule has 25 heavy (non-hydrogen) atoms. The van der Waals surface area contributed by atoms with Crippen LogP contribution in [0.2, 0.25) is 0 Å². The van der Waals surface area contributed by atoms with Gasteiger partial charge in [0.15, 0.2) is 0 Å². The highest BCUT2D eigenvalue weighted by molar-refractivity contribution is 5.93. The maximum absolute atomic E-state index is 13.2. The number of urea groups is 1. The SMILES string of the molecule is COc1cc(NC(=O)N(C)Cc2cccc(F)c2)ccc1NC(C)=O. The van der Waals surface area contributed by atoms with E-state index in [1.807, 2.05) is 0 Å². The van der Waals surface area contributed by atoms with E-state index in [9.17, 15) is 14.0 Å². The molecule has 3 amide bonds. The molecular formula is C18H20FN3O3. The summed E-state index contributed by atoms with van der Waals surface area (Å²) >= 11 is 0. The van der Waals surface area contributed by atoms with Crippen LogP contribution in [0.5, 0.6) is 5.75 Å². The normalized spacial score (nSPS) is 10.1. The lowest BCUT2D eigenvalue weighted by atomic mass is 10.2. The Bertz CT molecular complexity index is 780. The van der Waals surface area contributed by atoms with Gasteiger partial charge >= 0.3 is 6.03 Å². The molecule has 132 valence electrons. The van der Waals surface area contributed by atoms with Crippen LogP contribution in [0.3, 0.4) is 0 Å². The average Bonchev–Trinajstić information content (AvgIpc) is 2.55. The minimum atomic E-state index is -0.349. The van der Waals surface area contributed by atoms with E-state index in [0.717, 1.165) is 0 Å². The fourth-order valence-corrected chi connectivity index (χ4v) is 2.26. The second-order valence-corrected chi connectivity index (χ2v) is 5.51. The molecule has 0 radical (unpaired) electrons. The van der Waals surface area contributed by atoms with Gasteiger partial charge in [0.2, 0.25) is 5.91 Å². The maximum atomic E-state index is 13.2. The predicted octanol–water partition coefficient (Wildman–Crippen LogP) is 3.46. The number of halogens is 1. The van der Waals surface area contributed by atoms with Crippen LogP contribution in [-0.2, 0) is 11.3 Å². The molecule has 0 aliphatic rings. The Balaban J connectivity index is 2.05. The summed E-state index contributed by atoms with van der Waals surface area (Å²) in [5.74, 6) is -0.129. The first kappa shape index (κ1) is 18.3. The Kier molecular flexibility index (Phi) is 5.94. The second kappa shape index (κ2) is 8.14. The van der Waals surface area contributed by atoms with Gasteiger partial charge in [0.1, 0.15) is 11.6 Å². The number of ether oxygens (including phenoxy) is 1. The lowest BCUT2D eigenvalue weighted by Gasteiger charge is -2.19. The molecule has 0 saturated heterocycles. The lowest BCUT2D eigenvalue weighted by Crippen LogP contribution is -2.30. The predicted molar refractivity (Wildman–Crippen MR) is 94.2 cm³/mol. The molecule has 6 nitrogen and oxygen atoms in total. The summed E-state index contributed by atoms with van der Waals surface area (Å²) < 4.78 is 18.4. The standard InChI is InChI=1S/C18H20FN3O3/c1-12(23)20-16-8-7-15(10-17(16)25-3)21-18(24)22(2)11-13-5-4-6-14(19)9-13/h4-10H,11H2,1-3H3,(H,20,23)(H,21,24). The average molecular weight is 345 g/mol. The second-order valence-electron chi connectivity index (χ2n) is 5.51. The molecule has 0 unspecified atom stereocenters. The fourth-order valence-electron chi connectivity index (χ4n) is 2.26. The van der Waals surface area contributed by atoms with Crippen molar-refractivity contribution in [1.82, 2.24) is 4.90 Å². The molecule has 0 atom stereocenters. The van der Waals surface area contributed by atoms with Gasteiger partial charge in [-0.15, -0.1) is 0 Å². The number of nitrogens with zero attached hydrogens (tertiary/aromatic N) is 1. The molecule has 2 aromatic carbocycles. The van der Waals surface area contributed by atoms with Gasteiger partial charge in [0, 0.05) is 32.3 Å². The summed E-state index contributed by atoms with van der Waals surface area (Å²) in [7, 11) is 3.09. The van der Waals surface area contributed by atoms with Crippen LogP contribution in [0, 0.1) is 5.82 Å². The summed E-state index contributed by atoms with van der Waals surface area (Å²) in [4.78, 5) is 24.9. The first-order chi connectivity index (χ1) is 11.9. The van der Waals surface area contributed by atoms with Crippen molar-refractivity contribution in [3.05, 3.63) is 53.8 Å². The number of carbonyl (C=O) groups excluding carboxylic acids is 2. The summed E-state index contributed by atoms with van der Waals surface area (Å²) in [6.45, 7) is 1.67. The van der Waals surface area contributed by atoms with Gasteiger partial charge in [0.25, 0.3) is 0 Å². The highest BCUT2D eigenvalue weighted by Crippen LogP contribution is 2.28. The molecule has 0 aliphatic carbocycles. The minimum absolute atomic E-state index is 0.218. The number of anilines is 2. The van der Waals surface area contributed by atoms with Crippen LogP contribution < -0.4 is 15.4 Å². The smallest absolute Gasteiger partial charge is 0.321 e. The van der Waals surface area contributed by atoms with Crippen molar-refractivity contribution in [2.45, 2.75) is 13.5 Å². The zero-order valence-corrected chi connectivity index (χ0v) is 14.3. The van der Waals surface area contributed by atoms with E-state index in [1.54, 1.807) is 37.4 Å². The number of benzene rings is 2. The van der Waals surface area contributed by atoms with Gasteiger partial charge < -0.3 is 20.3 Å². The van der Waals surface area contributed by atoms with Gasteiger partial charge in [-0.1, -0.05) is 12.1 Å². The van der Waals surface area contributed by atoms with Crippen LogP contribution >= 0.6 is 0 Å². The number of amides is 3. The van der Waals surface area contributed by atoms with Crippen molar-refractivity contribution >= 4 is 23.3 Å². The van der Waals surface area contributed by atoms with Gasteiger partial charge in [-0.05, 0) is 29.8 Å². The summed E-state index contributed by atoms with van der Waals surface area (Å²) in [6.07, 6.45) is 0. The third-order valence-corrected chi connectivity index (χ3v) is 3.42. The first-order valence-corrected chi connectivity index (χ1v) is 7.61. The van der Waals surface area contributed by atoms with Crippen LogP contribution in [0.25, 0.3) is 0 Å². The van der Waals surface area contributed by atoms with Gasteiger partial charge in [-0.25, -0.2) is 9.18 Å². The summed E-state index contributed by atoms with van der Waals surface area (Å²) in [5, 5.41) is 5.38. The highest BCUT2D eigenvalue weighted by Gasteiger charge is 2.12. The molecule has 2 N–H and O–H groups in total. The fraction of sp³-hybridized carbons (Fsp3) is 0.222. The van der Waals surface area contributed by atoms with E-state index in [-0.39, 0.29) is 24.3 Å². The van der Waals surface area contributed by atoms with Gasteiger partial charge in [-0.3, -0.25) is 4.79 Å². The van der Waals surface area contributed by atoms with Crippen molar-refractivity contribution in [1.29, 1.82) is 0 Å². The number of nitrogens with one attached hydrogen (secondary N) is 2. The van der Waals surface area contributed by atoms with Crippen LogP contribution in [0.4, 0.5) is 20.6 Å². The lowest BCUT2D eigenvalue weighted by molar-refractivity contribution is -0.114.